The van der Waals surface area contributed by atoms with Crippen molar-refractivity contribution in [2.45, 2.75) is 38.5 Å². The first-order chi connectivity index (χ1) is 15.7. The van der Waals surface area contributed by atoms with Crippen molar-refractivity contribution in [2.75, 3.05) is 28.4 Å². The van der Waals surface area contributed by atoms with E-state index >= 15 is 0 Å². The molecule has 0 radical (unpaired) electrons. The lowest BCUT2D eigenvalue weighted by Gasteiger charge is -2.19. The first-order valence-corrected chi connectivity index (χ1v) is 11.2. The van der Waals surface area contributed by atoms with E-state index in [1.807, 2.05) is 12.1 Å². The van der Waals surface area contributed by atoms with E-state index in [1.54, 1.807) is 28.4 Å². The lowest BCUT2D eigenvalue weighted by atomic mass is 9.97. The molecule has 170 valence electrons. The van der Waals surface area contributed by atoms with Crippen LogP contribution in [0, 0.1) is 0 Å². The largest absolute Gasteiger partial charge is 0.497 e. The van der Waals surface area contributed by atoms with Crippen molar-refractivity contribution in [3.05, 3.63) is 82.9 Å². The molecule has 0 aromatic heterocycles. The monoisotopic (exact) mass is 434 g/mol. The predicted octanol–water partition coefficient (Wildman–Crippen LogP) is 6.07. The van der Waals surface area contributed by atoms with Gasteiger partial charge >= 0.3 is 0 Å². The molecule has 0 N–H and O–H groups in total. The number of aryl methyl sites for hydroxylation is 4. The first kappa shape index (κ1) is 23.5. The van der Waals surface area contributed by atoms with Crippen molar-refractivity contribution in [3.8, 4) is 23.0 Å². The van der Waals surface area contributed by atoms with Gasteiger partial charge in [-0.2, -0.15) is 0 Å². The summed E-state index contributed by atoms with van der Waals surface area (Å²) in [5, 5.41) is 0. The van der Waals surface area contributed by atoms with Crippen molar-refractivity contribution in [1.29, 1.82) is 0 Å². The highest BCUT2D eigenvalue weighted by Gasteiger charge is 2.20. The van der Waals surface area contributed by atoms with Crippen molar-refractivity contribution >= 4 is 0 Å². The zero-order valence-electron chi connectivity index (χ0n) is 19.6. The van der Waals surface area contributed by atoms with Crippen LogP contribution in [0.25, 0.3) is 0 Å². The second-order valence-corrected chi connectivity index (χ2v) is 7.84. The normalized spacial score (nSPS) is 10.6. The Morgan fingerprint density at radius 3 is 1.47 bits per heavy atom. The number of methoxy groups -OCH3 is 4. The Morgan fingerprint density at radius 1 is 0.500 bits per heavy atom. The fourth-order valence-electron chi connectivity index (χ4n) is 4.14. The minimum absolute atomic E-state index is 0.687. The van der Waals surface area contributed by atoms with Gasteiger partial charge in [0.05, 0.1) is 28.4 Å². The number of ether oxygens (including phenoxy) is 4. The SMILES string of the molecule is COc1ccc(CCCc2cc(CCCc3ccccc3)c(OC)c(OC)c2OC)cc1. The van der Waals surface area contributed by atoms with Gasteiger partial charge in [-0.25, -0.2) is 0 Å². The van der Waals surface area contributed by atoms with Crippen molar-refractivity contribution in [2.24, 2.45) is 0 Å². The maximum atomic E-state index is 5.75. The van der Waals surface area contributed by atoms with E-state index in [1.165, 1.54) is 16.7 Å². The molecule has 4 heteroatoms. The standard InChI is InChI=1S/C28H34O4/c1-29-25-18-16-22(17-19-25)13-9-15-24-20-23(14-8-12-21-10-6-5-7-11-21)26(30-2)28(32-4)27(24)31-3/h5-7,10-11,16-20H,8-9,12-15H2,1-4H3. The summed E-state index contributed by atoms with van der Waals surface area (Å²) in [6.45, 7) is 0. The molecule has 0 aliphatic heterocycles. The van der Waals surface area contributed by atoms with Gasteiger partial charge in [-0.05, 0) is 79.0 Å². The molecule has 0 unspecified atom stereocenters. The Kier molecular flexibility index (Phi) is 8.85. The summed E-state index contributed by atoms with van der Waals surface area (Å²) in [7, 11) is 6.76. The van der Waals surface area contributed by atoms with Crippen molar-refractivity contribution in [3.63, 3.8) is 0 Å². The Labute approximate surface area is 192 Å². The number of rotatable bonds is 12. The van der Waals surface area contributed by atoms with E-state index in [2.05, 4.69) is 48.5 Å². The summed E-state index contributed by atoms with van der Waals surface area (Å²) >= 11 is 0. The molecule has 32 heavy (non-hydrogen) atoms. The van der Waals surface area contributed by atoms with Crippen LogP contribution >= 0.6 is 0 Å². The Morgan fingerprint density at radius 2 is 1.00 bits per heavy atom. The highest BCUT2D eigenvalue weighted by Crippen LogP contribution is 2.43. The molecule has 3 aromatic carbocycles. The zero-order chi connectivity index (χ0) is 22.8. The number of benzene rings is 3. The lowest BCUT2D eigenvalue weighted by molar-refractivity contribution is 0.319. The molecule has 0 bridgehead atoms. The molecule has 4 nitrogen and oxygen atoms in total. The Hall–Kier alpha value is -3.14. The van der Waals surface area contributed by atoms with Crippen LogP contribution in [0.1, 0.15) is 35.1 Å². The van der Waals surface area contributed by atoms with Crippen molar-refractivity contribution < 1.29 is 18.9 Å². The summed E-state index contributed by atoms with van der Waals surface area (Å²) in [5.41, 5.74) is 4.98. The molecule has 0 saturated heterocycles. The molecule has 0 atom stereocenters. The average Bonchev–Trinajstić information content (AvgIpc) is 2.84. The van der Waals surface area contributed by atoms with Gasteiger partial charge in [0.25, 0.3) is 0 Å². The van der Waals surface area contributed by atoms with Crippen LogP contribution < -0.4 is 18.9 Å². The Balaban J connectivity index is 1.74. The third-order valence-corrected chi connectivity index (χ3v) is 5.78. The Bertz CT molecular complexity index is 965. The van der Waals surface area contributed by atoms with Crippen LogP contribution in [0.3, 0.4) is 0 Å². The summed E-state index contributed by atoms with van der Waals surface area (Å²) in [6, 6.07) is 21.1. The van der Waals surface area contributed by atoms with Crippen LogP contribution in [0.5, 0.6) is 23.0 Å². The average molecular weight is 435 g/mol. The van der Waals surface area contributed by atoms with Gasteiger partial charge in [-0.1, -0.05) is 42.5 Å². The summed E-state index contributed by atoms with van der Waals surface area (Å²) < 4.78 is 22.5. The van der Waals surface area contributed by atoms with Gasteiger partial charge in [0, 0.05) is 0 Å². The number of hydrogen-bond acceptors (Lipinski definition) is 4. The zero-order valence-corrected chi connectivity index (χ0v) is 19.6. The third-order valence-electron chi connectivity index (χ3n) is 5.78. The van der Waals surface area contributed by atoms with Gasteiger partial charge in [-0.15, -0.1) is 0 Å². The highest BCUT2D eigenvalue weighted by molar-refractivity contribution is 5.60. The van der Waals surface area contributed by atoms with Crippen LogP contribution in [-0.2, 0) is 25.7 Å². The summed E-state index contributed by atoms with van der Waals surface area (Å²) in [6.07, 6.45) is 5.91. The van der Waals surface area contributed by atoms with Gasteiger partial charge < -0.3 is 18.9 Å². The quantitative estimate of drug-likeness (QED) is 0.347. The van der Waals surface area contributed by atoms with Crippen LogP contribution in [0.2, 0.25) is 0 Å². The number of hydrogen-bond donors (Lipinski definition) is 0. The molecule has 0 aliphatic rings. The topological polar surface area (TPSA) is 36.9 Å². The van der Waals surface area contributed by atoms with E-state index < -0.39 is 0 Å². The maximum Gasteiger partial charge on any atom is 0.203 e. The second kappa shape index (κ2) is 12.0. The molecule has 0 aliphatic carbocycles. The molecule has 0 saturated carbocycles. The van der Waals surface area contributed by atoms with Crippen LogP contribution in [-0.4, -0.2) is 28.4 Å². The first-order valence-electron chi connectivity index (χ1n) is 11.2. The van der Waals surface area contributed by atoms with E-state index in [-0.39, 0.29) is 0 Å². The molecule has 0 fully saturated rings. The second-order valence-electron chi connectivity index (χ2n) is 7.84. The molecule has 0 amide bonds. The fourth-order valence-corrected chi connectivity index (χ4v) is 4.14. The minimum Gasteiger partial charge on any atom is -0.497 e. The summed E-state index contributed by atoms with van der Waals surface area (Å²) in [5.74, 6) is 3.12. The highest BCUT2D eigenvalue weighted by atomic mass is 16.5. The molecule has 3 aromatic rings. The summed E-state index contributed by atoms with van der Waals surface area (Å²) in [4.78, 5) is 0. The molecule has 3 rings (SSSR count). The minimum atomic E-state index is 0.687. The van der Waals surface area contributed by atoms with Crippen LogP contribution in [0.15, 0.2) is 60.7 Å². The van der Waals surface area contributed by atoms with E-state index in [0.29, 0.717) is 5.75 Å². The lowest BCUT2D eigenvalue weighted by Crippen LogP contribution is -2.04. The van der Waals surface area contributed by atoms with Crippen molar-refractivity contribution in [1.82, 2.24) is 0 Å². The van der Waals surface area contributed by atoms with Crippen LogP contribution in [0.4, 0.5) is 0 Å². The third kappa shape index (κ3) is 5.97. The molecular formula is C28H34O4. The van der Waals surface area contributed by atoms with Gasteiger partial charge in [0.15, 0.2) is 11.5 Å². The fraction of sp³-hybridized carbons (Fsp3) is 0.357. The molecule has 0 heterocycles. The molecular weight excluding hydrogens is 400 g/mol. The van der Waals surface area contributed by atoms with E-state index in [4.69, 9.17) is 18.9 Å². The molecule has 0 spiro atoms. The smallest absolute Gasteiger partial charge is 0.203 e. The van der Waals surface area contributed by atoms with E-state index in [9.17, 15) is 0 Å². The van der Waals surface area contributed by atoms with E-state index in [0.717, 1.165) is 61.3 Å². The van der Waals surface area contributed by atoms with Gasteiger partial charge in [0.2, 0.25) is 5.75 Å². The van der Waals surface area contributed by atoms with Gasteiger partial charge in [-0.3, -0.25) is 0 Å². The predicted molar refractivity (Wildman–Crippen MR) is 130 cm³/mol. The van der Waals surface area contributed by atoms with Gasteiger partial charge in [0.1, 0.15) is 5.75 Å². The maximum absolute atomic E-state index is 5.75.